The molecule has 1 atom stereocenters. The fourth-order valence-corrected chi connectivity index (χ4v) is 3.24. The Labute approximate surface area is 130 Å². The van der Waals surface area contributed by atoms with Gasteiger partial charge in [0.05, 0.1) is 11.9 Å². The molecule has 0 bridgehead atoms. The standard InChI is InChI=1S/C14H20N2O2S.ClH/c1-18-9-8-15-6-7-16-14(17)13-10-11-4-2-3-5-12(11)19-13;/h2-5,13,15H,6-10H2,1H3,(H,16,17);1H. The van der Waals surface area contributed by atoms with Gasteiger partial charge in [0.15, 0.2) is 0 Å². The van der Waals surface area contributed by atoms with Gasteiger partial charge >= 0.3 is 0 Å². The predicted octanol–water partition coefficient (Wildman–Crippen LogP) is 1.48. The van der Waals surface area contributed by atoms with Crippen LogP contribution in [0.25, 0.3) is 0 Å². The molecule has 1 aromatic rings. The van der Waals surface area contributed by atoms with E-state index in [1.807, 2.05) is 12.1 Å². The van der Waals surface area contributed by atoms with Crippen molar-refractivity contribution in [1.29, 1.82) is 0 Å². The molecule has 1 amide bonds. The lowest BCUT2D eigenvalue weighted by molar-refractivity contribution is -0.120. The highest BCUT2D eigenvalue weighted by atomic mass is 35.5. The van der Waals surface area contributed by atoms with Gasteiger partial charge in [-0.1, -0.05) is 18.2 Å². The predicted molar refractivity (Wildman–Crippen MR) is 84.8 cm³/mol. The molecule has 0 radical (unpaired) electrons. The van der Waals surface area contributed by atoms with Crippen LogP contribution < -0.4 is 10.6 Å². The summed E-state index contributed by atoms with van der Waals surface area (Å²) < 4.78 is 4.93. The number of ether oxygens (including phenoxy) is 1. The van der Waals surface area contributed by atoms with Crippen molar-refractivity contribution in [1.82, 2.24) is 10.6 Å². The number of carbonyl (C=O) groups is 1. The molecule has 2 rings (SSSR count). The molecular formula is C14H21ClN2O2S. The number of hydrogen-bond acceptors (Lipinski definition) is 4. The topological polar surface area (TPSA) is 50.4 Å². The van der Waals surface area contributed by atoms with E-state index in [9.17, 15) is 4.79 Å². The summed E-state index contributed by atoms with van der Waals surface area (Å²) >= 11 is 1.66. The Morgan fingerprint density at radius 1 is 1.35 bits per heavy atom. The summed E-state index contributed by atoms with van der Waals surface area (Å²) in [6.07, 6.45) is 0.837. The number of amides is 1. The summed E-state index contributed by atoms with van der Waals surface area (Å²) in [5.41, 5.74) is 1.28. The van der Waals surface area contributed by atoms with E-state index in [1.54, 1.807) is 18.9 Å². The highest BCUT2D eigenvalue weighted by Crippen LogP contribution is 2.36. The third-order valence-electron chi connectivity index (χ3n) is 3.02. The van der Waals surface area contributed by atoms with Crippen LogP contribution in [-0.2, 0) is 16.0 Å². The van der Waals surface area contributed by atoms with Crippen LogP contribution in [-0.4, -0.2) is 44.5 Å². The first kappa shape index (κ1) is 17.3. The Hall–Kier alpha value is -0.750. The molecule has 112 valence electrons. The molecule has 4 nitrogen and oxygen atoms in total. The zero-order chi connectivity index (χ0) is 13.5. The molecule has 0 saturated heterocycles. The molecule has 1 aliphatic rings. The molecule has 2 N–H and O–H groups in total. The van der Waals surface area contributed by atoms with E-state index >= 15 is 0 Å². The smallest absolute Gasteiger partial charge is 0.233 e. The quantitative estimate of drug-likeness (QED) is 0.748. The number of halogens is 1. The minimum absolute atomic E-state index is 0. The van der Waals surface area contributed by atoms with E-state index in [1.165, 1.54) is 10.5 Å². The Balaban J connectivity index is 0.00000200. The van der Waals surface area contributed by atoms with Crippen molar-refractivity contribution in [2.45, 2.75) is 16.6 Å². The number of benzene rings is 1. The van der Waals surface area contributed by atoms with E-state index in [0.29, 0.717) is 13.2 Å². The van der Waals surface area contributed by atoms with Gasteiger partial charge in [0.2, 0.25) is 5.91 Å². The van der Waals surface area contributed by atoms with Gasteiger partial charge in [0.25, 0.3) is 0 Å². The molecule has 1 aromatic carbocycles. The molecule has 1 aliphatic heterocycles. The minimum Gasteiger partial charge on any atom is -0.383 e. The van der Waals surface area contributed by atoms with Crippen molar-refractivity contribution in [2.24, 2.45) is 0 Å². The van der Waals surface area contributed by atoms with Crippen LogP contribution in [0.4, 0.5) is 0 Å². The van der Waals surface area contributed by atoms with E-state index < -0.39 is 0 Å². The van der Waals surface area contributed by atoms with Gasteiger partial charge in [-0.3, -0.25) is 4.79 Å². The highest BCUT2D eigenvalue weighted by Gasteiger charge is 2.27. The third-order valence-corrected chi connectivity index (χ3v) is 4.34. The number of nitrogens with one attached hydrogen (secondary N) is 2. The Kier molecular flexibility index (Phi) is 7.99. The van der Waals surface area contributed by atoms with Crippen LogP contribution >= 0.6 is 24.2 Å². The van der Waals surface area contributed by atoms with Crippen LogP contribution in [0.5, 0.6) is 0 Å². The lowest BCUT2D eigenvalue weighted by Gasteiger charge is -2.10. The van der Waals surface area contributed by atoms with Crippen molar-refractivity contribution in [2.75, 3.05) is 33.4 Å². The van der Waals surface area contributed by atoms with Crippen molar-refractivity contribution in [3.05, 3.63) is 29.8 Å². The fourth-order valence-electron chi connectivity index (χ4n) is 2.02. The van der Waals surface area contributed by atoms with E-state index in [0.717, 1.165) is 19.5 Å². The van der Waals surface area contributed by atoms with Gasteiger partial charge < -0.3 is 15.4 Å². The maximum Gasteiger partial charge on any atom is 0.233 e. The fraction of sp³-hybridized carbons (Fsp3) is 0.500. The van der Waals surface area contributed by atoms with Crippen LogP contribution in [0.3, 0.4) is 0 Å². The largest absolute Gasteiger partial charge is 0.383 e. The molecule has 20 heavy (non-hydrogen) atoms. The van der Waals surface area contributed by atoms with Crippen molar-refractivity contribution in [3.8, 4) is 0 Å². The average molecular weight is 317 g/mol. The van der Waals surface area contributed by atoms with Gasteiger partial charge in [-0.05, 0) is 18.1 Å². The molecular weight excluding hydrogens is 296 g/mol. The highest BCUT2D eigenvalue weighted by molar-refractivity contribution is 8.01. The molecule has 0 spiro atoms. The van der Waals surface area contributed by atoms with E-state index in [2.05, 4.69) is 22.8 Å². The van der Waals surface area contributed by atoms with E-state index in [-0.39, 0.29) is 23.6 Å². The molecule has 1 heterocycles. The molecule has 0 saturated carbocycles. The number of rotatable bonds is 7. The lowest BCUT2D eigenvalue weighted by Crippen LogP contribution is -2.37. The summed E-state index contributed by atoms with van der Waals surface area (Å²) in [5, 5.41) is 6.20. The van der Waals surface area contributed by atoms with Gasteiger partial charge in [-0.25, -0.2) is 0 Å². The molecule has 0 aliphatic carbocycles. The van der Waals surface area contributed by atoms with Gasteiger partial charge in [-0.2, -0.15) is 0 Å². The normalized spacial score (nSPS) is 16.4. The summed E-state index contributed by atoms with van der Waals surface area (Å²) in [7, 11) is 1.68. The zero-order valence-electron chi connectivity index (χ0n) is 11.6. The molecule has 1 unspecified atom stereocenters. The maximum atomic E-state index is 12.0. The summed E-state index contributed by atoms with van der Waals surface area (Å²) in [5.74, 6) is 0.134. The SMILES string of the molecule is COCCNCCNC(=O)C1Cc2ccccc2S1.Cl. The molecule has 0 aromatic heterocycles. The summed E-state index contributed by atoms with van der Waals surface area (Å²) in [6.45, 7) is 2.95. The second kappa shape index (κ2) is 9.23. The number of methoxy groups -OCH3 is 1. The van der Waals surface area contributed by atoms with Crippen molar-refractivity contribution in [3.63, 3.8) is 0 Å². The van der Waals surface area contributed by atoms with Gasteiger partial charge in [0, 0.05) is 31.6 Å². The summed E-state index contributed by atoms with van der Waals surface area (Å²) in [4.78, 5) is 13.3. The number of fused-ring (bicyclic) bond motifs is 1. The second-order valence-corrected chi connectivity index (χ2v) is 5.70. The minimum atomic E-state index is 0. The van der Waals surface area contributed by atoms with Crippen LogP contribution in [0, 0.1) is 0 Å². The first-order valence-electron chi connectivity index (χ1n) is 6.53. The molecule has 6 heteroatoms. The number of hydrogen-bond donors (Lipinski definition) is 2. The Morgan fingerprint density at radius 3 is 2.90 bits per heavy atom. The monoisotopic (exact) mass is 316 g/mol. The third kappa shape index (κ3) is 4.98. The zero-order valence-corrected chi connectivity index (χ0v) is 13.2. The van der Waals surface area contributed by atoms with E-state index in [4.69, 9.17) is 4.74 Å². The maximum absolute atomic E-state index is 12.0. The van der Waals surface area contributed by atoms with Crippen molar-refractivity contribution >= 4 is 30.1 Å². The average Bonchev–Trinajstić information content (AvgIpc) is 2.86. The Morgan fingerprint density at radius 2 is 2.15 bits per heavy atom. The van der Waals surface area contributed by atoms with Crippen LogP contribution in [0.1, 0.15) is 5.56 Å². The lowest BCUT2D eigenvalue weighted by atomic mass is 10.1. The van der Waals surface area contributed by atoms with Crippen molar-refractivity contribution < 1.29 is 9.53 Å². The second-order valence-electron chi connectivity index (χ2n) is 4.45. The first-order chi connectivity index (χ1) is 9.31. The molecule has 0 fully saturated rings. The summed E-state index contributed by atoms with van der Waals surface area (Å²) in [6, 6.07) is 8.23. The van der Waals surface area contributed by atoms with Crippen LogP contribution in [0.2, 0.25) is 0 Å². The number of thioether (sulfide) groups is 1. The number of carbonyl (C=O) groups excluding carboxylic acids is 1. The Bertz CT molecular complexity index is 406. The first-order valence-corrected chi connectivity index (χ1v) is 7.41. The van der Waals surface area contributed by atoms with Gasteiger partial charge in [0.1, 0.15) is 0 Å². The van der Waals surface area contributed by atoms with Crippen LogP contribution in [0.15, 0.2) is 29.2 Å². The van der Waals surface area contributed by atoms with Gasteiger partial charge in [-0.15, -0.1) is 24.2 Å².